The van der Waals surface area contributed by atoms with Gasteiger partial charge in [-0.15, -0.1) is 0 Å². The van der Waals surface area contributed by atoms with Gasteiger partial charge in [0.15, 0.2) is 6.61 Å². The molecule has 2 aromatic rings. The Bertz CT molecular complexity index is 1060. The molecule has 0 atom stereocenters. The van der Waals surface area contributed by atoms with E-state index in [-0.39, 0.29) is 31.1 Å². The van der Waals surface area contributed by atoms with Crippen LogP contribution in [-0.4, -0.2) is 50.0 Å². The van der Waals surface area contributed by atoms with Gasteiger partial charge in [0.2, 0.25) is 5.91 Å². The number of amides is 2. The summed E-state index contributed by atoms with van der Waals surface area (Å²) in [5.74, 6) is -2.14. The lowest BCUT2D eigenvalue weighted by Crippen LogP contribution is -2.21. The molecule has 36 heavy (non-hydrogen) atoms. The van der Waals surface area contributed by atoms with Crippen LogP contribution in [0.2, 0.25) is 0 Å². The van der Waals surface area contributed by atoms with Crippen LogP contribution in [0.1, 0.15) is 53.8 Å². The Kier molecular flexibility index (Phi) is 11.1. The minimum absolute atomic E-state index is 0.0326. The molecule has 0 aliphatic carbocycles. The highest BCUT2D eigenvalue weighted by Crippen LogP contribution is 2.13. The third kappa shape index (κ3) is 9.96. The summed E-state index contributed by atoms with van der Waals surface area (Å²) < 4.78 is 14.7. The fourth-order valence-corrected chi connectivity index (χ4v) is 2.85. The van der Waals surface area contributed by atoms with E-state index in [4.69, 9.17) is 9.47 Å². The predicted molar refractivity (Wildman–Crippen MR) is 131 cm³/mol. The molecule has 0 saturated heterocycles. The van der Waals surface area contributed by atoms with Crippen molar-refractivity contribution >= 4 is 41.1 Å². The molecular weight excluding hydrogens is 468 g/mol. The zero-order valence-corrected chi connectivity index (χ0v) is 20.5. The molecule has 2 amide bonds. The molecule has 0 fully saturated rings. The molecule has 0 aromatic heterocycles. The summed E-state index contributed by atoms with van der Waals surface area (Å²) in [6, 6.07) is 12.4. The third-order valence-corrected chi connectivity index (χ3v) is 4.69. The average Bonchev–Trinajstić information content (AvgIpc) is 2.86. The van der Waals surface area contributed by atoms with Crippen LogP contribution >= 0.6 is 0 Å². The Morgan fingerprint density at radius 3 is 1.78 bits per heavy atom. The van der Waals surface area contributed by atoms with Crippen LogP contribution in [0.3, 0.4) is 0 Å². The van der Waals surface area contributed by atoms with Crippen molar-refractivity contribution in [2.75, 3.05) is 31.0 Å². The van der Waals surface area contributed by atoms with E-state index >= 15 is 0 Å². The topological polar surface area (TPSA) is 137 Å². The van der Waals surface area contributed by atoms with E-state index < -0.39 is 30.4 Å². The number of anilines is 2. The summed E-state index contributed by atoms with van der Waals surface area (Å²) in [6.07, 6.45) is 0.280. The summed E-state index contributed by atoms with van der Waals surface area (Å²) in [6.45, 7) is 3.72. The van der Waals surface area contributed by atoms with Gasteiger partial charge in [0.1, 0.15) is 0 Å². The summed E-state index contributed by atoms with van der Waals surface area (Å²) >= 11 is 0. The number of hydrogen-bond acceptors (Lipinski definition) is 8. The van der Waals surface area contributed by atoms with Gasteiger partial charge in [0.05, 0.1) is 24.8 Å². The van der Waals surface area contributed by atoms with Crippen molar-refractivity contribution < 1.29 is 38.2 Å². The van der Waals surface area contributed by atoms with E-state index in [1.165, 1.54) is 31.4 Å². The first-order chi connectivity index (χ1) is 17.2. The van der Waals surface area contributed by atoms with E-state index in [0.29, 0.717) is 29.1 Å². The Morgan fingerprint density at radius 2 is 1.25 bits per heavy atom. The molecule has 2 rings (SSSR count). The predicted octanol–water partition coefficient (Wildman–Crippen LogP) is 3.58. The fourth-order valence-electron chi connectivity index (χ4n) is 2.85. The number of benzene rings is 2. The van der Waals surface area contributed by atoms with Crippen LogP contribution in [0, 0.1) is 5.92 Å². The number of methoxy groups -OCH3 is 1. The van der Waals surface area contributed by atoms with Gasteiger partial charge in [-0.05, 0) is 60.9 Å². The molecule has 0 spiro atoms. The van der Waals surface area contributed by atoms with Crippen molar-refractivity contribution in [3.8, 4) is 0 Å². The molecule has 0 bridgehead atoms. The maximum atomic E-state index is 12.0. The summed E-state index contributed by atoms with van der Waals surface area (Å²) in [7, 11) is 1.28. The van der Waals surface area contributed by atoms with Gasteiger partial charge in [0, 0.05) is 24.2 Å². The zero-order valence-electron chi connectivity index (χ0n) is 20.5. The molecule has 0 radical (unpaired) electrons. The number of esters is 3. The minimum Gasteiger partial charge on any atom is -0.465 e. The van der Waals surface area contributed by atoms with Gasteiger partial charge in [-0.3, -0.25) is 14.4 Å². The van der Waals surface area contributed by atoms with Crippen molar-refractivity contribution in [2.24, 2.45) is 5.92 Å². The Balaban J connectivity index is 1.65. The standard InChI is InChI=1S/C26H30N2O8/c1-17(2)15-36-26(33)19-9-13-21(14-10-19)28-23(30)16-35-24(31)6-4-5-22(29)27-20-11-7-18(8-12-20)25(32)34-3/h7-14,17H,4-6,15-16H2,1-3H3,(H,27,29)(H,28,30). The highest BCUT2D eigenvalue weighted by atomic mass is 16.5. The number of carbonyl (C=O) groups is 5. The summed E-state index contributed by atoms with van der Waals surface area (Å²) in [4.78, 5) is 59.2. The minimum atomic E-state index is -0.608. The van der Waals surface area contributed by atoms with Crippen molar-refractivity contribution in [3.05, 3.63) is 59.7 Å². The van der Waals surface area contributed by atoms with Crippen molar-refractivity contribution in [1.29, 1.82) is 0 Å². The second-order valence-electron chi connectivity index (χ2n) is 8.25. The normalized spacial score (nSPS) is 10.3. The number of nitrogens with one attached hydrogen (secondary N) is 2. The van der Waals surface area contributed by atoms with E-state index in [0.717, 1.165) is 0 Å². The first-order valence-corrected chi connectivity index (χ1v) is 11.4. The van der Waals surface area contributed by atoms with Crippen LogP contribution in [0.4, 0.5) is 11.4 Å². The van der Waals surface area contributed by atoms with Crippen LogP contribution in [0.5, 0.6) is 0 Å². The number of carbonyl (C=O) groups excluding carboxylic acids is 5. The van der Waals surface area contributed by atoms with Crippen molar-refractivity contribution in [1.82, 2.24) is 0 Å². The van der Waals surface area contributed by atoms with E-state index in [9.17, 15) is 24.0 Å². The molecule has 2 aromatic carbocycles. The zero-order chi connectivity index (χ0) is 26.5. The van der Waals surface area contributed by atoms with Crippen LogP contribution in [0.25, 0.3) is 0 Å². The Hall–Kier alpha value is -4.21. The molecule has 0 saturated carbocycles. The molecule has 0 aliphatic rings. The number of ether oxygens (including phenoxy) is 3. The lowest BCUT2D eigenvalue weighted by atomic mass is 10.2. The largest absolute Gasteiger partial charge is 0.465 e. The van der Waals surface area contributed by atoms with E-state index in [2.05, 4.69) is 15.4 Å². The number of rotatable bonds is 12. The van der Waals surface area contributed by atoms with Crippen LogP contribution in [-0.2, 0) is 28.6 Å². The van der Waals surface area contributed by atoms with Crippen molar-refractivity contribution in [3.63, 3.8) is 0 Å². The summed E-state index contributed by atoms with van der Waals surface area (Å²) in [5, 5.41) is 5.23. The van der Waals surface area contributed by atoms with E-state index in [1.54, 1.807) is 24.3 Å². The van der Waals surface area contributed by atoms with Gasteiger partial charge in [-0.1, -0.05) is 13.8 Å². The molecule has 192 valence electrons. The summed E-state index contributed by atoms with van der Waals surface area (Å²) in [5.41, 5.74) is 1.67. The maximum Gasteiger partial charge on any atom is 0.338 e. The first-order valence-electron chi connectivity index (χ1n) is 11.4. The Labute approximate surface area is 209 Å². The second kappa shape index (κ2) is 14.2. The SMILES string of the molecule is COC(=O)c1ccc(NC(=O)CCCC(=O)OCC(=O)Nc2ccc(C(=O)OCC(C)C)cc2)cc1. The third-order valence-electron chi connectivity index (χ3n) is 4.69. The van der Waals surface area contributed by atoms with E-state index in [1.807, 2.05) is 13.8 Å². The van der Waals surface area contributed by atoms with Crippen LogP contribution in [0.15, 0.2) is 48.5 Å². The molecule has 10 nitrogen and oxygen atoms in total. The highest BCUT2D eigenvalue weighted by molar-refractivity contribution is 5.95. The van der Waals surface area contributed by atoms with Gasteiger partial charge in [0.25, 0.3) is 5.91 Å². The lowest BCUT2D eigenvalue weighted by Gasteiger charge is -2.09. The van der Waals surface area contributed by atoms with Gasteiger partial charge in [-0.25, -0.2) is 9.59 Å². The van der Waals surface area contributed by atoms with Gasteiger partial charge < -0.3 is 24.8 Å². The highest BCUT2D eigenvalue weighted by Gasteiger charge is 2.12. The molecule has 2 N–H and O–H groups in total. The quantitative estimate of drug-likeness (QED) is 0.335. The smallest absolute Gasteiger partial charge is 0.338 e. The second-order valence-corrected chi connectivity index (χ2v) is 8.25. The fraction of sp³-hybridized carbons (Fsp3) is 0.346. The Morgan fingerprint density at radius 1 is 0.722 bits per heavy atom. The average molecular weight is 499 g/mol. The first kappa shape index (κ1) is 28.0. The molecular formula is C26H30N2O8. The molecule has 0 aliphatic heterocycles. The monoisotopic (exact) mass is 498 g/mol. The number of hydrogen-bond donors (Lipinski definition) is 2. The van der Waals surface area contributed by atoms with Crippen LogP contribution < -0.4 is 10.6 Å². The molecule has 0 unspecified atom stereocenters. The van der Waals surface area contributed by atoms with Gasteiger partial charge >= 0.3 is 17.9 Å². The lowest BCUT2D eigenvalue weighted by molar-refractivity contribution is -0.147. The molecule has 0 heterocycles. The maximum absolute atomic E-state index is 12.0. The van der Waals surface area contributed by atoms with Crippen molar-refractivity contribution in [2.45, 2.75) is 33.1 Å². The molecule has 10 heteroatoms. The van der Waals surface area contributed by atoms with Gasteiger partial charge in [-0.2, -0.15) is 0 Å².